The van der Waals surface area contributed by atoms with E-state index in [0.717, 1.165) is 5.56 Å². The van der Waals surface area contributed by atoms with Gasteiger partial charge in [0.05, 0.1) is 24.3 Å². The molecule has 0 radical (unpaired) electrons. The second kappa shape index (κ2) is 9.55. The van der Waals surface area contributed by atoms with Crippen LogP contribution in [-0.4, -0.2) is 41.7 Å². The number of likely N-dealkylation sites (tertiary alicyclic amines) is 1. The first-order chi connectivity index (χ1) is 14.3. The van der Waals surface area contributed by atoms with Crippen molar-refractivity contribution in [3.05, 3.63) is 63.1 Å². The van der Waals surface area contributed by atoms with Gasteiger partial charge in [-0.15, -0.1) is 0 Å². The van der Waals surface area contributed by atoms with Gasteiger partial charge in [-0.05, 0) is 48.2 Å². The van der Waals surface area contributed by atoms with Gasteiger partial charge in [-0.1, -0.05) is 35.3 Å². The molecule has 2 atom stereocenters. The average molecular weight is 452 g/mol. The van der Waals surface area contributed by atoms with E-state index in [9.17, 15) is 14.7 Å². The van der Waals surface area contributed by atoms with Crippen molar-refractivity contribution in [3.63, 3.8) is 0 Å². The quantitative estimate of drug-likeness (QED) is 0.646. The van der Waals surface area contributed by atoms with E-state index in [-0.39, 0.29) is 12.5 Å². The van der Waals surface area contributed by atoms with Crippen molar-refractivity contribution in [2.75, 3.05) is 13.7 Å². The zero-order valence-electron chi connectivity index (χ0n) is 16.4. The number of hydrogen-bond acceptors (Lipinski definition) is 4. The molecule has 2 aromatic rings. The average Bonchev–Trinajstić information content (AvgIpc) is 2.71. The highest BCUT2D eigenvalue weighted by molar-refractivity contribution is 6.32. The Hall–Kier alpha value is -2.48. The summed E-state index contributed by atoms with van der Waals surface area (Å²) in [5, 5.41) is 13.8. The molecule has 1 aliphatic heterocycles. The lowest BCUT2D eigenvalue weighted by molar-refractivity contribution is 0.0603. The van der Waals surface area contributed by atoms with E-state index in [0.29, 0.717) is 46.3 Å². The van der Waals surface area contributed by atoms with Gasteiger partial charge in [0.1, 0.15) is 5.75 Å². The molecule has 7 nitrogen and oxygen atoms in total. The molecule has 9 heteroatoms. The Labute approximate surface area is 184 Å². The fourth-order valence-corrected chi connectivity index (χ4v) is 4.07. The molecule has 2 unspecified atom stereocenters. The second-order valence-electron chi connectivity index (χ2n) is 7.11. The smallest absolute Gasteiger partial charge is 0.315 e. The van der Waals surface area contributed by atoms with Crippen LogP contribution in [0.4, 0.5) is 4.79 Å². The molecule has 1 saturated heterocycles. The first kappa shape index (κ1) is 22.2. The third-order valence-corrected chi connectivity index (χ3v) is 5.68. The van der Waals surface area contributed by atoms with E-state index in [2.05, 4.69) is 5.32 Å². The maximum atomic E-state index is 13.0. The van der Waals surface area contributed by atoms with Gasteiger partial charge in [0, 0.05) is 23.7 Å². The lowest BCUT2D eigenvalue weighted by Crippen LogP contribution is -2.45. The van der Waals surface area contributed by atoms with Crippen LogP contribution in [-0.2, 0) is 6.54 Å². The van der Waals surface area contributed by atoms with Gasteiger partial charge in [0.25, 0.3) is 5.91 Å². The van der Waals surface area contributed by atoms with Crippen molar-refractivity contribution in [2.24, 2.45) is 5.73 Å². The molecule has 1 heterocycles. The number of aliphatic hydroxyl groups is 1. The van der Waals surface area contributed by atoms with Gasteiger partial charge in [-0.25, -0.2) is 4.79 Å². The normalized spacial score (nSPS) is 18.7. The zero-order chi connectivity index (χ0) is 21.8. The molecule has 0 spiro atoms. The number of carbonyl (C=O) groups is 2. The molecular formula is C21H23Cl2N3O4. The van der Waals surface area contributed by atoms with Crippen LogP contribution in [0.25, 0.3) is 0 Å². The van der Waals surface area contributed by atoms with Gasteiger partial charge in [-0.2, -0.15) is 0 Å². The van der Waals surface area contributed by atoms with E-state index in [4.69, 9.17) is 33.7 Å². The fraction of sp³-hybridized carbons (Fsp3) is 0.333. The molecule has 3 amide bonds. The summed E-state index contributed by atoms with van der Waals surface area (Å²) in [5.74, 6) is 0.190. The number of nitrogens with two attached hydrogens (primary N) is 1. The molecule has 0 aliphatic carbocycles. The van der Waals surface area contributed by atoms with Crippen LogP contribution < -0.4 is 15.8 Å². The summed E-state index contributed by atoms with van der Waals surface area (Å²) in [4.78, 5) is 26.3. The monoisotopic (exact) mass is 451 g/mol. The standard InChI is InChI=1S/C21H23Cl2N3O4/c1-30-19-5-2-12(8-17(19)23)11-25-20(28)16-9-13(22)3-4-15(16)18-10-14(27)6-7-26(18)21(24)29/h2-5,8-9,14,18,27H,6-7,10-11H2,1H3,(H2,24,29)(H,25,28). The lowest BCUT2D eigenvalue weighted by Gasteiger charge is -2.37. The van der Waals surface area contributed by atoms with Crippen LogP contribution in [0.2, 0.25) is 10.0 Å². The number of urea groups is 1. The van der Waals surface area contributed by atoms with Crippen LogP contribution in [0.15, 0.2) is 36.4 Å². The molecule has 2 aromatic carbocycles. The van der Waals surface area contributed by atoms with Crippen LogP contribution in [0.3, 0.4) is 0 Å². The Kier molecular flexibility index (Phi) is 7.07. The molecule has 0 bridgehead atoms. The summed E-state index contributed by atoms with van der Waals surface area (Å²) in [5.41, 5.74) is 7.23. The van der Waals surface area contributed by atoms with E-state index in [1.165, 1.54) is 12.0 Å². The van der Waals surface area contributed by atoms with E-state index in [1.807, 2.05) is 0 Å². The number of aliphatic hydroxyl groups excluding tert-OH is 1. The van der Waals surface area contributed by atoms with Crippen LogP contribution in [0, 0.1) is 0 Å². The zero-order valence-corrected chi connectivity index (χ0v) is 17.9. The summed E-state index contributed by atoms with van der Waals surface area (Å²) >= 11 is 12.3. The second-order valence-corrected chi connectivity index (χ2v) is 7.95. The van der Waals surface area contributed by atoms with Crippen molar-refractivity contribution in [1.29, 1.82) is 0 Å². The van der Waals surface area contributed by atoms with Crippen molar-refractivity contribution < 1.29 is 19.4 Å². The van der Waals surface area contributed by atoms with Crippen molar-refractivity contribution >= 4 is 35.1 Å². The summed E-state index contributed by atoms with van der Waals surface area (Å²) < 4.78 is 5.13. The highest BCUT2D eigenvalue weighted by atomic mass is 35.5. The Balaban J connectivity index is 1.84. The topological polar surface area (TPSA) is 105 Å². The van der Waals surface area contributed by atoms with Gasteiger partial charge in [0.15, 0.2) is 0 Å². The van der Waals surface area contributed by atoms with E-state index in [1.54, 1.807) is 36.4 Å². The number of piperidine rings is 1. The molecule has 30 heavy (non-hydrogen) atoms. The number of carbonyl (C=O) groups excluding carboxylic acids is 2. The number of primary amides is 1. The maximum absolute atomic E-state index is 13.0. The van der Waals surface area contributed by atoms with Gasteiger partial charge in [-0.3, -0.25) is 4.79 Å². The van der Waals surface area contributed by atoms with Crippen molar-refractivity contribution in [1.82, 2.24) is 10.2 Å². The minimum atomic E-state index is -0.596. The van der Waals surface area contributed by atoms with Gasteiger partial charge >= 0.3 is 6.03 Å². The predicted octanol–water partition coefficient (Wildman–Crippen LogP) is 3.51. The highest BCUT2D eigenvalue weighted by Crippen LogP contribution is 2.34. The summed E-state index contributed by atoms with van der Waals surface area (Å²) in [7, 11) is 1.53. The first-order valence-corrected chi connectivity index (χ1v) is 10.2. The molecule has 160 valence electrons. The van der Waals surface area contributed by atoms with E-state index >= 15 is 0 Å². The number of amides is 3. The van der Waals surface area contributed by atoms with E-state index < -0.39 is 18.2 Å². The number of ether oxygens (including phenoxy) is 1. The first-order valence-electron chi connectivity index (χ1n) is 9.44. The lowest BCUT2D eigenvalue weighted by atomic mass is 9.90. The number of methoxy groups -OCH3 is 1. The number of halogens is 2. The Morgan fingerprint density at radius 2 is 2.03 bits per heavy atom. The molecule has 0 saturated carbocycles. The van der Waals surface area contributed by atoms with Gasteiger partial charge < -0.3 is 25.8 Å². The Morgan fingerprint density at radius 3 is 2.70 bits per heavy atom. The number of rotatable bonds is 5. The minimum absolute atomic E-state index is 0.237. The summed E-state index contributed by atoms with van der Waals surface area (Å²) in [6, 6.07) is 9.02. The fourth-order valence-electron chi connectivity index (χ4n) is 3.62. The molecular weight excluding hydrogens is 429 g/mol. The third kappa shape index (κ3) is 4.98. The largest absolute Gasteiger partial charge is 0.495 e. The number of nitrogens with zero attached hydrogens (tertiary/aromatic N) is 1. The summed E-state index contributed by atoms with van der Waals surface area (Å²) in [6.45, 7) is 0.552. The maximum Gasteiger partial charge on any atom is 0.315 e. The van der Waals surface area contributed by atoms with Crippen molar-refractivity contribution in [3.8, 4) is 5.75 Å². The summed E-state index contributed by atoms with van der Waals surface area (Å²) in [6.07, 6.45) is 0.143. The number of benzene rings is 2. The molecule has 4 N–H and O–H groups in total. The molecule has 1 fully saturated rings. The van der Waals surface area contributed by atoms with Crippen LogP contribution >= 0.6 is 23.2 Å². The third-order valence-electron chi connectivity index (χ3n) is 5.15. The van der Waals surface area contributed by atoms with Gasteiger partial charge in [0.2, 0.25) is 0 Å². The minimum Gasteiger partial charge on any atom is -0.495 e. The number of nitrogens with one attached hydrogen (secondary N) is 1. The SMILES string of the molecule is COc1ccc(CNC(=O)c2cc(Cl)ccc2C2CC(O)CCN2C(N)=O)cc1Cl. The number of hydrogen-bond donors (Lipinski definition) is 3. The highest BCUT2D eigenvalue weighted by Gasteiger charge is 2.33. The van der Waals surface area contributed by atoms with Crippen LogP contribution in [0.5, 0.6) is 5.75 Å². The predicted molar refractivity (Wildman–Crippen MR) is 115 cm³/mol. The van der Waals surface area contributed by atoms with Crippen LogP contribution in [0.1, 0.15) is 40.4 Å². The van der Waals surface area contributed by atoms with Crippen molar-refractivity contribution in [2.45, 2.75) is 31.5 Å². The Morgan fingerprint density at radius 1 is 1.27 bits per heavy atom. The molecule has 0 aromatic heterocycles. The molecule has 3 rings (SSSR count). The Bertz CT molecular complexity index is 954. The molecule has 1 aliphatic rings.